The zero-order chi connectivity index (χ0) is 14.5. The molecule has 0 saturated heterocycles. The van der Waals surface area contributed by atoms with E-state index in [1.54, 1.807) is 0 Å². The molecule has 1 heterocycles. The van der Waals surface area contributed by atoms with Gasteiger partial charge in [0.2, 0.25) is 0 Å². The highest BCUT2D eigenvalue weighted by atomic mass is 19.1. The van der Waals surface area contributed by atoms with E-state index in [4.69, 9.17) is 5.11 Å². The summed E-state index contributed by atoms with van der Waals surface area (Å²) >= 11 is 0. The van der Waals surface area contributed by atoms with Gasteiger partial charge in [-0.1, -0.05) is 0 Å². The minimum Gasteiger partial charge on any atom is -0.480 e. The number of halogens is 1. The van der Waals surface area contributed by atoms with E-state index < -0.39 is 23.7 Å². The van der Waals surface area contributed by atoms with Gasteiger partial charge in [0.15, 0.2) is 0 Å². The topological polar surface area (TPSA) is 95.1 Å². The number of hydrogen-bond acceptors (Lipinski definition) is 3. The number of nitrogens with zero attached hydrogens (tertiary/aromatic N) is 1. The molecule has 3 N–H and O–H groups in total. The normalized spacial score (nSPS) is 11.8. The fourth-order valence-corrected chi connectivity index (χ4v) is 1.66. The Labute approximate surface area is 113 Å². The second-order valence-electron chi connectivity index (χ2n) is 4.15. The molecule has 1 atom stereocenters. The molecule has 7 heteroatoms. The summed E-state index contributed by atoms with van der Waals surface area (Å²) in [6, 6.07) is 3.77. The Hall–Kier alpha value is -2.70. The molecule has 0 radical (unpaired) electrons. The van der Waals surface area contributed by atoms with Crippen LogP contribution in [0.1, 0.15) is 16.1 Å². The molecule has 0 aliphatic rings. The van der Waals surface area contributed by atoms with Crippen molar-refractivity contribution in [3.05, 3.63) is 53.9 Å². The Balaban J connectivity index is 2.06. The van der Waals surface area contributed by atoms with E-state index in [9.17, 15) is 14.0 Å². The molecular weight excluding hydrogens is 265 g/mol. The number of benzene rings is 1. The maximum Gasteiger partial charge on any atom is 0.326 e. The van der Waals surface area contributed by atoms with Crippen LogP contribution < -0.4 is 5.32 Å². The number of aliphatic carboxylic acids is 1. The fourth-order valence-electron chi connectivity index (χ4n) is 1.66. The molecule has 1 amide bonds. The van der Waals surface area contributed by atoms with E-state index in [0.29, 0.717) is 5.69 Å². The number of rotatable bonds is 5. The van der Waals surface area contributed by atoms with Crippen LogP contribution in [0.15, 0.2) is 36.8 Å². The summed E-state index contributed by atoms with van der Waals surface area (Å²) in [6.07, 6.45) is 3.00. The lowest BCUT2D eigenvalue weighted by Crippen LogP contribution is -2.42. The molecule has 0 saturated carbocycles. The molecule has 2 rings (SSSR count). The van der Waals surface area contributed by atoms with Crippen molar-refractivity contribution in [2.75, 3.05) is 0 Å². The lowest BCUT2D eigenvalue weighted by molar-refractivity contribution is -0.139. The highest BCUT2D eigenvalue weighted by Crippen LogP contribution is 2.05. The highest BCUT2D eigenvalue weighted by Gasteiger charge is 2.21. The van der Waals surface area contributed by atoms with Crippen LogP contribution in [0.5, 0.6) is 0 Å². The van der Waals surface area contributed by atoms with Crippen LogP contribution in [0.3, 0.4) is 0 Å². The van der Waals surface area contributed by atoms with Crippen LogP contribution in [0, 0.1) is 5.82 Å². The molecule has 0 aliphatic carbocycles. The first-order valence-electron chi connectivity index (χ1n) is 5.83. The van der Waals surface area contributed by atoms with Crippen molar-refractivity contribution in [3.8, 4) is 0 Å². The highest BCUT2D eigenvalue weighted by molar-refractivity contribution is 5.96. The summed E-state index contributed by atoms with van der Waals surface area (Å²) < 4.78 is 12.8. The molecular formula is C13H12FN3O3. The predicted octanol–water partition coefficient (Wildman–Crippen LogP) is 0.974. The number of amides is 1. The van der Waals surface area contributed by atoms with Crippen molar-refractivity contribution >= 4 is 11.9 Å². The average molecular weight is 277 g/mol. The number of carboxylic acids is 1. The van der Waals surface area contributed by atoms with E-state index in [2.05, 4.69) is 15.3 Å². The van der Waals surface area contributed by atoms with Crippen LogP contribution >= 0.6 is 0 Å². The number of H-pyrrole nitrogens is 1. The van der Waals surface area contributed by atoms with Gasteiger partial charge in [0.25, 0.3) is 5.91 Å². The third-order valence-electron chi connectivity index (χ3n) is 2.69. The summed E-state index contributed by atoms with van der Waals surface area (Å²) in [5, 5.41) is 11.5. The molecule has 6 nitrogen and oxygen atoms in total. The Morgan fingerprint density at radius 1 is 1.35 bits per heavy atom. The van der Waals surface area contributed by atoms with Crippen molar-refractivity contribution in [1.29, 1.82) is 0 Å². The van der Waals surface area contributed by atoms with Gasteiger partial charge in [-0.05, 0) is 24.3 Å². The van der Waals surface area contributed by atoms with Gasteiger partial charge in [0.05, 0.1) is 6.33 Å². The lowest BCUT2D eigenvalue weighted by Gasteiger charge is -2.13. The van der Waals surface area contributed by atoms with Crippen LogP contribution in [0.4, 0.5) is 4.39 Å². The Morgan fingerprint density at radius 3 is 2.60 bits per heavy atom. The van der Waals surface area contributed by atoms with Gasteiger partial charge < -0.3 is 15.4 Å². The summed E-state index contributed by atoms with van der Waals surface area (Å²) in [5.41, 5.74) is 0.791. The Morgan fingerprint density at radius 2 is 2.05 bits per heavy atom. The third-order valence-corrected chi connectivity index (χ3v) is 2.69. The van der Waals surface area contributed by atoms with E-state index in [0.717, 1.165) is 12.1 Å². The van der Waals surface area contributed by atoms with Crippen molar-refractivity contribution in [2.24, 2.45) is 0 Å². The fraction of sp³-hybridized carbons (Fsp3) is 0.154. The van der Waals surface area contributed by atoms with Crippen LogP contribution in [0.2, 0.25) is 0 Å². The number of aromatic nitrogens is 2. The van der Waals surface area contributed by atoms with Crippen molar-refractivity contribution in [2.45, 2.75) is 12.5 Å². The smallest absolute Gasteiger partial charge is 0.326 e. The zero-order valence-corrected chi connectivity index (χ0v) is 10.3. The summed E-state index contributed by atoms with van der Waals surface area (Å²) in [5.74, 6) is -2.19. The SMILES string of the molecule is O=C(N[C@H](Cc1cnc[nH]1)C(=O)O)c1ccc(F)cc1. The largest absolute Gasteiger partial charge is 0.480 e. The second kappa shape index (κ2) is 5.96. The number of nitrogens with one attached hydrogen (secondary N) is 2. The molecule has 0 unspecified atom stereocenters. The summed E-state index contributed by atoms with van der Waals surface area (Å²) in [6.45, 7) is 0. The molecule has 2 aromatic rings. The number of carboxylic acid groups (broad SMARTS) is 1. The molecule has 0 fully saturated rings. The maximum absolute atomic E-state index is 12.8. The number of carbonyl (C=O) groups is 2. The van der Waals surface area contributed by atoms with Gasteiger partial charge in [0.1, 0.15) is 11.9 Å². The quantitative estimate of drug-likeness (QED) is 0.759. The minimum absolute atomic E-state index is 0.0856. The second-order valence-corrected chi connectivity index (χ2v) is 4.15. The van der Waals surface area contributed by atoms with Crippen LogP contribution in [-0.4, -0.2) is 33.0 Å². The zero-order valence-electron chi connectivity index (χ0n) is 10.3. The van der Waals surface area contributed by atoms with E-state index in [1.807, 2.05) is 0 Å². The molecule has 0 bridgehead atoms. The number of aromatic amines is 1. The molecule has 1 aromatic carbocycles. The first-order chi connectivity index (χ1) is 9.56. The molecule has 1 aromatic heterocycles. The third kappa shape index (κ3) is 3.41. The van der Waals surface area contributed by atoms with Crippen LogP contribution in [-0.2, 0) is 11.2 Å². The molecule has 0 aliphatic heterocycles. The maximum atomic E-state index is 12.8. The number of carbonyl (C=O) groups excluding carboxylic acids is 1. The summed E-state index contributed by atoms with van der Waals surface area (Å²) in [4.78, 5) is 29.6. The van der Waals surface area contributed by atoms with Gasteiger partial charge in [-0.15, -0.1) is 0 Å². The van der Waals surface area contributed by atoms with Crippen molar-refractivity contribution < 1.29 is 19.1 Å². The van der Waals surface area contributed by atoms with Gasteiger partial charge in [0, 0.05) is 23.9 Å². The van der Waals surface area contributed by atoms with Crippen molar-refractivity contribution in [3.63, 3.8) is 0 Å². The predicted molar refractivity (Wildman–Crippen MR) is 67.6 cm³/mol. The average Bonchev–Trinajstić information content (AvgIpc) is 2.91. The van der Waals surface area contributed by atoms with Crippen LogP contribution in [0.25, 0.3) is 0 Å². The minimum atomic E-state index is -1.16. The van der Waals surface area contributed by atoms with Gasteiger partial charge >= 0.3 is 5.97 Å². The van der Waals surface area contributed by atoms with E-state index in [-0.39, 0.29) is 12.0 Å². The first kappa shape index (κ1) is 13.7. The van der Waals surface area contributed by atoms with E-state index in [1.165, 1.54) is 24.7 Å². The molecule has 104 valence electrons. The first-order valence-corrected chi connectivity index (χ1v) is 5.83. The van der Waals surface area contributed by atoms with Crippen molar-refractivity contribution in [1.82, 2.24) is 15.3 Å². The van der Waals surface area contributed by atoms with Gasteiger partial charge in [-0.25, -0.2) is 14.2 Å². The number of imidazole rings is 1. The Bertz CT molecular complexity index is 596. The monoisotopic (exact) mass is 277 g/mol. The summed E-state index contributed by atoms with van der Waals surface area (Å²) in [7, 11) is 0. The van der Waals surface area contributed by atoms with Gasteiger partial charge in [-0.3, -0.25) is 4.79 Å². The standard InChI is InChI=1S/C13H12FN3O3/c14-9-3-1-8(2-4-9)12(18)17-11(13(19)20)5-10-6-15-7-16-10/h1-4,6-7,11H,5H2,(H,15,16)(H,17,18)(H,19,20)/t11-/m1/s1. The molecule has 20 heavy (non-hydrogen) atoms. The molecule has 0 spiro atoms. The lowest BCUT2D eigenvalue weighted by atomic mass is 10.1. The van der Waals surface area contributed by atoms with Gasteiger partial charge in [-0.2, -0.15) is 0 Å². The van der Waals surface area contributed by atoms with E-state index >= 15 is 0 Å². The Kier molecular flexibility index (Phi) is 4.09. The number of hydrogen-bond donors (Lipinski definition) is 3.